The average molecular weight is 284 g/mol. The first kappa shape index (κ1) is 10.6. The van der Waals surface area contributed by atoms with Crippen LogP contribution in [0.3, 0.4) is 0 Å². The minimum atomic E-state index is -0.495. The molecule has 2 aromatic heterocycles. The number of hydrogen-bond donors (Lipinski definition) is 2. The molecule has 0 aliphatic heterocycles. The van der Waals surface area contributed by atoms with E-state index in [1.807, 2.05) is 0 Å². The number of nitrogens with two attached hydrogens (primary N) is 1. The SMILES string of the molecule is Nc1nonc1C(=O)Nc1ccncc1Br. The molecular formula is C8H6BrN5O2. The summed E-state index contributed by atoms with van der Waals surface area (Å²) in [4.78, 5) is 15.5. The maximum Gasteiger partial charge on any atom is 0.281 e. The lowest BCUT2D eigenvalue weighted by Gasteiger charge is -2.03. The highest BCUT2D eigenvalue weighted by Crippen LogP contribution is 2.20. The van der Waals surface area contributed by atoms with Gasteiger partial charge >= 0.3 is 0 Å². The number of amides is 1. The summed E-state index contributed by atoms with van der Waals surface area (Å²) in [5, 5.41) is 9.28. The Kier molecular flexibility index (Phi) is 2.82. The maximum absolute atomic E-state index is 11.7. The molecule has 3 N–H and O–H groups in total. The Morgan fingerprint density at radius 1 is 1.50 bits per heavy atom. The number of nitrogen functional groups attached to an aromatic ring is 1. The molecular weight excluding hydrogens is 278 g/mol. The van der Waals surface area contributed by atoms with Crippen molar-refractivity contribution in [1.29, 1.82) is 0 Å². The van der Waals surface area contributed by atoms with E-state index in [-0.39, 0.29) is 11.5 Å². The third-order valence-electron chi connectivity index (χ3n) is 1.75. The summed E-state index contributed by atoms with van der Waals surface area (Å²) in [6.45, 7) is 0. The first-order chi connectivity index (χ1) is 7.68. The minimum absolute atomic E-state index is 0.0521. The molecule has 82 valence electrons. The highest BCUT2D eigenvalue weighted by atomic mass is 79.9. The van der Waals surface area contributed by atoms with Crippen LogP contribution in [0.4, 0.5) is 11.5 Å². The quantitative estimate of drug-likeness (QED) is 0.853. The Morgan fingerprint density at radius 2 is 2.31 bits per heavy atom. The smallest absolute Gasteiger partial charge is 0.281 e. The van der Waals surface area contributed by atoms with Crippen LogP contribution in [-0.4, -0.2) is 21.2 Å². The second-order valence-electron chi connectivity index (χ2n) is 2.81. The standard InChI is InChI=1S/C8H6BrN5O2/c9-4-3-11-2-1-5(4)12-8(15)6-7(10)14-16-13-6/h1-3H,(H2,10,14)(H,11,12,15). The summed E-state index contributed by atoms with van der Waals surface area (Å²) < 4.78 is 4.98. The molecule has 0 unspecified atom stereocenters. The van der Waals surface area contributed by atoms with Crippen LogP contribution in [-0.2, 0) is 0 Å². The van der Waals surface area contributed by atoms with Crippen molar-refractivity contribution < 1.29 is 9.42 Å². The molecule has 7 nitrogen and oxygen atoms in total. The van der Waals surface area contributed by atoms with Crippen molar-refractivity contribution in [3.05, 3.63) is 28.6 Å². The van der Waals surface area contributed by atoms with E-state index in [0.717, 1.165) is 0 Å². The molecule has 1 amide bonds. The minimum Gasteiger partial charge on any atom is -0.379 e. The van der Waals surface area contributed by atoms with Crippen LogP contribution in [0.25, 0.3) is 0 Å². The number of rotatable bonds is 2. The van der Waals surface area contributed by atoms with Crippen molar-refractivity contribution in [3.63, 3.8) is 0 Å². The van der Waals surface area contributed by atoms with Crippen molar-refractivity contribution in [1.82, 2.24) is 15.3 Å². The van der Waals surface area contributed by atoms with Gasteiger partial charge in [-0.25, -0.2) is 4.63 Å². The Labute approximate surface area is 98.1 Å². The molecule has 2 aromatic rings. The van der Waals surface area contributed by atoms with E-state index in [0.29, 0.717) is 10.2 Å². The highest BCUT2D eigenvalue weighted by molar-refractivity contribution is 9.10. The van der Waals surface area contributed by atoms with Gasteiger partial charge in [-0.05, 0) is 32.3 Å². The van der Waals surface area contributed by atoms with Gasteiger partial charge in [0.2, 0.25) is 11.5 Å². The molecule has 2 heterocycles. The highest BCUT2D eigenvalue weighted by Gasteiger charge is 2.16. The lowest BCUT2D eigenvalue weighted by atomic mass is 10.3. The number of hydrogen-bond acceptors (Lipinski definition) is 6. The zero-order valence-electron chi connectivity index (χ0n) is 7.85. The number of pyridine rings is 1. The van der Waals surface area contributed by atoms with Gasteiger partial charge in [-0.3, -0.25) is 9.78 Å². The number of nitrogens with zero attached hydrogens (tertiary/aromatic N) is 3. The van der Waals surface area contributed by atoms with Crippen molar-refractivity contribution in [3.8, 4) is 0 Å². The molecule has 0 spiro atoms. The van der Waals surface area contributed by atoms with E-state index in [1.54, 1.807) is 18.5 Å². The van der Waals surface area contributed by atoms with Gasteiger partial charge in [0.25, 0.3) is 5.91 Å². The zero-order chi connectivity index (χ0) is 11.5. The van der Waals surface area contributed by atoms with Crippen LogP contribution >= 0.6 is 15.9 Å². The maximum atomic E-state index is 11.7. The number of anilines is 2. The Hall–Kier alpha value is -1.96. The van der Waals surface area contributed by atoms with Crippen LogP contribution in [0, 0.1) is 0 Å². The van der Waals surface area contributed by atoms with E-state index >= 15 is 0 Å². The lowest BCUT2D eigenvalue weighted by molar-refractivity contribution is 0.101. The molecule has 8 heteroatoms. The van der Waals surface area contributed by atoms with Crippen molar-refractivity contribution in [2.24, 2.45) is 0 Å². The summed E-state index contributed by atoms with van der Waals surface area (Å²) in [6.07, 6.45) is 3.10. The topological polar surface area (TPSA) is 107 Å². The summed E-state index contributed by atoms with van der Waals surface area (Å²) in [6, 6.07) is 1.63. The molecule has 2 rings (SSSR count). The third-order valence-corrected chi connectivity index (χ3v) is 2.38. The number of halogens is 1. The van der Waals surface area contributed by atoms with Gasteiger partial charge in [-0.15, -0.1) is 0 Å². The number of aromatic nitrogens is 3. The third kappa shape index (κ3) is 2.01. The van der Waals surface area contributed by atoms with Gasteiger partial charge in [-0.2, -0.15) is 0 Å². The summed E-state index contributed by atoms with van der Waals surface area (Å²) in [7, 11) is 0. The number of carbonyl (C=O) groups is 1. The molecule has 0 aliphatic carbocycles. The fourth-order valence-corrected chi connectivity index (χ4v) is 1.36. The Bertz CT molecular complexity index is 527. The normalized spacial score (nSPS) is 10.1. The fraction of sp³-hybridized carbons (Fsp3) is 0. The van der Waals surface area contributed by atoms with E-state index in [4.69, 9.17) is 5.73 Å². The predicted octanol–water partition coefficient (Wildman–Crippen LogP) is 1.06. The monoisotopic (exact) mass is 283 g/mol. The van der Waals surface area contributed by atoms with Crippen molar-refractivity contribution >= 4 is 33.3 Å². The second kappa shape index (κ2) is 4.27. The first-order valence-corrected chi connectivity index (χ1v) is 4.96. The largest absolute Gasteiger partial charge is 0.379 e. The van der Waals surface area contributed by atoms with E-state index in [1.165, 1.54) is 0 Å². The molecule has 0 atom stereocenters. The van der Waals surface area contributed by atoms with Crippen molar-refractivity contribution in [2.45, 2.75) is 0 Å². The van der Waals surface area contributed by atoms with Crippen LogP contribution in [0.2, 0.25) is 0 Å². The van der Waals surface area contributed by atoms with E-state index in [9.17, 15) is 4.79 Å². The molecule has 0 saturated carbocycles. The van der Waals surface area contributed by atoms with Crippen LogP contribution in [0.5, 0.6) is 0 Å². The number of nitrogens with one attached hydrogen (secondary N) is 1. The van der Waals surface area contributed by atoms with Gasteiger partial charge in [0, 0.05) is 12.4 Å². The molecule has 0 aliphatic rings. The van der Waals surface area contributed by atoms with Crippen LogP contribution < -0.4 is 11.1 Å². The Morgan fingerprint density at radius 3 is 2.94 bits per heavy atom. The van der Waals surface area contributed by atoms with Gasteiger partial charge in [0.05, 0.1) is 10.2 Å². The number of carbonyl (C=O) groups excluding carboxylic acids is 1. The summed E-state index contributed by atoms with van der Waals surface area (Å²) in [5.41, 5.74) is 5.89. The summed E-state index contributed by atoms with van der Waals surface area (Å²) in [5.74, 6) is -0.548. The molecule has 0 bridgehead atoms. The zero-order valence-corrected chi connectivity index (χ0v) is 9.43. The molecule has 0 aromatic carbocycles. The van der Waals surface area contributed by atoms with Crippen LogP contribution in [0.15, 0.2) is 27.6 Å². The predicted molar refractivity (Wildman–Crippen MR) is 58.6 cm³/mol. The molecule has 0 saturated heterocycles. The second-order valence-corrected chi connectivity index (χ2v) is 3.66. The fourth-order valence-electron chi connectivity index (χ4n) is 1.01. The molecule has 0 fully saturated rings. The Balaban J connectivity index is 2.21. The van der Waals surface area contributed by atoms with Crippen LogP contribution in [0.1, 0.15) is 10.5 Å². The first-order valence-electron chi connectivity index (χ1n) is 4.17. The molecule has 16 heavy (non-hydrogen) atoms. The van der Waals surface area contributed by atoms with E-state index in [2.05, 4.69) is 41.2 Å². The van der Waals surface area contributed by atoms with E-state index < -0.39 is 5.91 Å². The van der Waals surface area contributed by atoms with Gasteiger partial charge in [0.15, 0.2) is 0 Å². The molecule has 0 radical (unpaired) electrons. The lowest BCUT2D eigenvalue weighted by Crippen LogP contribution is -2.14. The summed E-state index contributed by atoms with van der Waals surface area (Å²) >= 11 is 3.24. The average Bonchev–Trinajstić information content (AvgIpc) is 2.68. The van der Waals surface area contributed by atoms with Crippen molar-refractivity contribution in [2.75, 3.05) is 11.1 Å². The van der Waals surface area contributed by atoms with Gasteiger partial charge in [0.1, 0.15) is 0 Å². The van der Waals surface area contributed by atoms with Gasteiger partial charge in [-0.1, -0.05) is 0 Å². The van der Waals surface area contributed by atoms with Gasteiger partial charge < -0.3 is 11.1 Å².